The smallest absolute Gasteiger partial charge is 0.313 e. The molecule has 0 atom stereocenters. The molecule has 0 aliphatic rings. The van der Waals surface area contributed by atoms with Gasteiger partial charge >= 0.3 is 5.97 Å². The molecule has 0 aromatic heterocycles. The number of para-hydroxylation sites is 1. The summed E-state index contributed by atoms with van der Waals surface area (Å²) in [5.74, 6) is -0.672. The largest absolute Gasteiger partial charge is 0.469 e. The number of nitrogens with two attached hydrogens (primary N) is 1. The highest BCUT2D eigenvalue weighted by atomic mass is 16.5. The Morgan fingerprint density at radius 1 is 1.33 bits per heavy atom. The van der Waals surface area contributed by atoms with Crippen LogP contribution in [0.2, 0.25) is 0 Å². The molecule has 0 saturated heterocycles. The molecule has 98 valence electrons. The summed E-state index contributed by atoms with van der Waals surface area (Å²) < 4.78 is 4.66. The number of hydrogen-bond donors (Lipinski definition) is 2. The summed E-state index contributed by atoms with van der Waals surface area (Å²) in [6.45, 7) is 3.59. The van der Waals surface area contributed by atoms with Crippen molar-refractivity contribution in [3.63, 3.8) is 0 Å². The molecule has 1 aromatic carbocycles. The van der Waals surface area contributed by atoms with Gasteiger partial charge in [-0.15, -0.1) is 0 Å². The normalized spacial score (nSPS) is 10.8. The van der Waals surface area contributed by atoms with Gasteiger partial charge in [0.1, 0.15) is 0 Å². The molecule has 3 N–H and O–H groups in total. The molecule has 1 aromatic rings. The Labute approximate surface area is 106 Å². The average Bonchev–Trinajstić information content (AvgIpc) is 2.35. The van der Waals surface area contributed by atoms with E-state index in [1.165, 1.54) is 7.11 Å². The van der Waals surface area contributed by atoms with Gasteiger partial charge in [-0.25, -0.2) is 0 Å². The molecule has 1 amide bonds. The summed E-state index contributed by atoms with van der Waals surface area (Å²) in [4.78, 5) is 23.3. The molecule has 0 bridgehead atoms. The maximum absolute atomic E-state index is 11.9. The Balaban J connectivity index is 2.68. The van der Waals surface area contributed by atoms with Crippen molar-refractivity contribution in [3.05, 3.63) is 29.8 Å². The molecular formula is C13H18N2O3. The first kappa shape index (κ1) is 14.0. The Morgan fingerprint density at radius 3 is 2.50 bits per heavy atom. The summed E-state index contributed by atoms with van der Waals surface area (Å²) in [6, 6.07) is 6.78. The van der Waals surface area contributed by atoms with Gasteiger partial charge in [-0.2, -0.15) is 0 Å². The number of rotatable bonds is 4. The van der Waals surface area contributed by atoms with Gasteiger partial charge in [-0.05, 0) is 26.0 Å². The second-order valence-electron chi connectivity index (χ2n) is 4.65. The molecule has 0 aliphatic heterocycles. The second kappa shape index (κ2) is 5.53. The van der Waals surface area contributed by atoms with E-state index in [2.05, 4.69) is 10.1 Å². The van der Waals surface area contributed by atoms with Crippen LogP contribution in [0.5, 0.6) is 0 Å². The number of amides is 1. The zero-order chi connectivity index (χ0) is 13.8. The summed E-state index contributed by atoms with van der Waals surface area (Å²) in [6.07, 6.45) is 0. The van der Waals surface area contributed by atoms with Crippen LogP contribution >= 0.6 is 0 Å². The Kier molecular flexibility index (Phi) is 4.31. The van der Waals surface area contributed by atoms with Gasteiger partial charge in [0.2, 0.25) is 0 Å². The van der Waals surface area contributed by atoms with E-state index < -0.39 is 5.41 Å². The third-order valence-electron chi connectivity index (χ3n) is 2.63. The molecule has 18 heavy (non-hydrogen) atoms. The maximum atomic E-state index is 11.9. The number of anilines is 1. The fourth-order valence-electron chi connectivity index (χ4n) is 1.45. The molecule has 5 heteroatoms. The summed E-state index contributed by atoms with van der Waals surface area (Å²) in [7, 11) is 1.32. The average molecular weight is 250 g/mol. The number of methoxy groups -OCH3 is 1. The van der Waals surface area contributed by atoms with Crippen molar-refractivity contribution in [1.29, 1.82) is 0 Å². The van der Waals surface area contributed by atoms with E-state index in [9.17, 15) is 9.59 Å². The van der Waals surface area contributed by atoms with Crippen LogP contribution in [0.25, 0.3) is 0 Å². The van der Waals surface area contributed by atoms with Crippen LogP contribution in [0, 0.1) is 5.41 Å². The minimum atomic E-state index is -0.770. The fraction of sp³-hybridized carbons (Fsp3) is 0.385. The van der Waals surface area contributed by atoms with E-state index in [4.69, 9.17) is 5.73 Å². The first-order chi connectivity index (χ1) is 8.38. The van der Waals surface area contributed by atoms with Crippen molar-refractivity contribution in [3.8, 4) is 0 Å². The van der Waals surface area contributed by atoms with Crippen LogP contribution in [0.3, 0.4) is 0 Å². The monoisotopic (exact) mass is 250 g/mol. The molecule has 5 nitrogen and oxygen atoms in total. The molecule has 0 spiro atoms. The van der Waals surface area contributed by atoms with Crippen molar-refractivity contribution in [1.82, 2.24) is 5.32 Å². The lowest BCUT2D eigenvalue weighted by Gasteiger charge is -2.21. The Morgan fingerprint density at radius 2 is 1.94 bits per heavy atom. The lowest BCUT2D eigenvalue weighted by atomic mass is 9.93. The van der Waals surface area contributed by atoms with Crippen LogP contribution in [0.15, 0.2) is 24.3 Å². The third kappa shape index (κ3) is 3.23. The zero-order valence-electron chi connectivity index (χ0n) is 10.8. The third-order valence-corrected chi connectivity index (χ3v) is 2.63. The molecule has 0 aliphatic carbocycles. The molecule has 0 unspecified atom stereocenters. The summed E-state index contributed by atoms with van der Waals surface area (Å²) in [5, 5.41) is 2.68. The van der Waals surface area contributed by atoms with Crippen molar-refractivity contribution < 1.29 is 14.3 Å². The van der Waals surface area contributed by atoms with Gasteiger partial charge in [0.05, 0.1) is 18.1 Å². The SMILES string of the molecule is COC(=O)C(C)(C)CNC(=O)c1ccccc1N. The van der Waals surface area contributed by atoms with Crippen LogP contribution in [-0.2, 0) is 9.53 Å². The predicted molar refractivity (Wildman–Crippen MR) is 69.0 cm³/mol. The summed E-state index contributed by atoms with van der Waals surface area (Å²) >= 11 is 0. The van der Waals surface area contributed by atoms with E-state index in [0.29, 0.717) is 11.3 Å². The van der Waals surface area contributed by atoms with Crippen molar-refractivity contribution in [2.24, 2.45) is 5.41 Å². The Bertz CT molecular complexity index is 455. The van der Waals surface area contributed by atoms with E-state index in [0.717, 1.165) is 0 Å². The number of ether oxygens (including phenoxy) is 1. The van der Waals surface area contributed by atoms with Gasteiger partial charge in [-0.1, -0.05) is 12.1 Å². The number of hydrogen-bond acceptors (Lipinski definition) is 4. The fourth-order valence-corrected chi connectivity index (χ4v) is 1.45. The molecule has 0 radical (unpaired) electrons. The van der Waals surface area contributed by atoms with Crippen LogP contribution < -0.4 is 11.1 Å². The van der Waals surface area contributed by atoms with E-state index in [1.54, 1.807) is 38.1 Å². The van der Waals surface area contributed by atoms with Crippen molar-refractivity contribution in [2.75, 3.05) is 19.4 Å². The van der Waals surface area contributed by atoms with E-state index in [1.807, 2.05) is 0 Å². The van der Waals surface area contributed by atoms with Gasteiger partial charge in [0, 0.05) is 12.2 Å². The quantitative estimate of drug-likeness (QED) is 0.621. The number of benzene rings is 1. The van der Waals surface area contributed by atoms with Crippen molar-refractivity contribution in [2.45, 2.75) is 13.8 Å². The first-order valence-corrected chi connectivity index (χ1v) is 5.59. The van der Waals surface area contributed by atoms with Crippen molar-refractivity contribution >= 4 is 17.6 Å². The van der Waals surface area contributed by atoms with Crippen LogP contribution in [-0.4, -0.2) is 25.5 Å². The van der Waals surface area contributed by atoms with Gasteiger partial charge < -0.3 is 15.8 Å². The zero-order valence-corrected chi connectivity index (χ0v) is 10.8. The summed E-state index contributed by atoms with van der Waals surface area (Å²) in [5.41, 5.74) is 5.73. The minimum absolute atomic E-state index is 0.187. The number of nitrogens with one attached hydrogen (secondary N) is 1. The number of nitrogen functional groups attached to an aromatic ring is 1. The highest BCUT2D eigenvalue weighted by Crippen LogP contribution is 2.16. The number of esters is 1. The lowest BCUT2D eigenvalue weighted by molar-refractivity contribution is -0.150. The first-order valence-electron chi connectivity index (χ1n) is 5.59. The van der Waals surface area contributed by atoms with E-state index in [-0.39, 0.29) is 18.4 Å². The molecule has 1 rings (SSSR count). The molecular weight excluding hydrogens is 232 g/mol. The van der Waals surface area contributed by atoms with Gasteiger partial charge in [0.25, 0.3) is 5.91 Å². The molecule has 0 saturated carbocycles. The molecule has 0 heterocycles. The van der Waals surface area contributed by atoms with Crippen LogP contribution in [0.1, 0.15) is 24.2 Å². The standard InChI is InChI=1S/C13H18N2O3/c1-13(2,12(17)18-3)8-15-11(16)9-6-4-5-7-10(9)14/h4-7H,8,14H2,1-3H3,(H,15,16). The highest BCUT2D eigenvalue weighted by molar-refractivity contribution is 5.99. The topological polar surface area (TPSA) is 81.4 Å². The minimum Gasteiger partial charge on any atom is -0.469 e. The maximum Gasteiger partial charge on any atom is 0.313 e. The number of carbonyl (C=O) groups is 2. The van der Waals surface area contributed by atoms with Gasteiger partial charge in [0.15, 0.2) is 0 Å². The molecule has 0 fully saturated rings. The second-order valence-corrected chi connectivity index (χ2v) is 4.65. The highest BCUT2D eigenvalue weighted by Gasteiger charge is 2.29. The number of carbonyl (C=O) groups excluding carboxylic acids is 2. The van der Waals surface area contributed by atoms with Crippen LogP contribution in [0.4, 0.5) is 5.69 Å². The Hall–Kier alpha value is -2.04. The van der Waals surface area contributed by atoms with Gasteiger partial charge in [-0.3, -0.25) is 9.59 Å². The van der Waals surface area contributed by atoms with E-state index >= 15 is 0 Å². The lowest BCUT2D eigenvalue weighted by Crippen LogP contribution is -2.39. The predicted octanol–water partition coefficient (Wildman–Crippen LogP) is 1.20.